The minimum Gasteiger partial charge on any atom is -0.497 e. The Labute approximate surface area is 138 Å². The van der Waals surface area contributed by atoms with Gasteiger partial charge in [0.2, 0.25) is 17.5 Å². The molecule has 0 spiro atoms. The lowest BCUT2D eigenvalue weighted by atomic mass is 10.3. The van der Waals surface area contributed by atoms with Crippen LogP contribution in [0.4, 0.5) is 5.88 Å². The Morgan fingerprint density at radius 3 is 2.67 bits per heavy atom. The summed E-state index contributed by atoms with van der Waals surface area (Å²) in [7, 11) is 1.60. The Hall–Kier alpha value is -3.40. The molecule has 0 amide bonds. The average molecular weight is 325 g/mol. The summed E-state index contributed by atoms with van der Waals surface area (Å²) >= 11 is 0. The lowest BCUT2D eigenvalue weighted by Gasteiger charge is -2.04. The van der Waals surface area contributed by atoms with Crippen LogP contribution in [0.5, 0.6) is 11.5 Å². The number of benzene rings is 1. The van der Waals surface area contributed by atoms with Gasteiger partial charge < -0.3 is 23.6 Å². The first-order valence-corrected chi connectivity index (χ1v) is 7.21. The van der Waals surface area contributed by atoms with Crippen LogP contribution in [-0.4, -0.2) is 12.1 Å². The Kier molecular flexibility index (Phi) is 4.68. The quantitative estimate of drug-likeness (QED) is 0.712. The first kappa shape index (κ1) is 15.5. The van der Waals surface area contributed by atoms with Gasteiger partial charge >= 0.3 is 0 Å². The second-order valence-electron chi connectivity index (χ2n) is 4.79. The topological polar surface area (TPSA) is 93.5 Å². The highest BCUT2D eigenvalue weighted by atomic mass is 16.5. The second kappa shape index (κ2) is 7.24. The lowest BCUT2D eigenvalue weighted by molar-refractivity contribution is 0.264. The van der Waals surface area contributed by atoms with Crippen LogP contribution in [0, 0.1) is 11.3 Å². The summed E-state index contributed by atoms with van der Waals surface area (Å²) in [5.41, 5.74) is 0.176. The maximum Gasteiger partial charge on any atom is 0.236 e. The van der Waals surface area contributed by atoms with E-state index in [4.69, 9.17) is 23.6 Å². The molecule has 0 radical (unpaired) electrons. The van der Waals surface area contributed by atoms with Crippen LogP contribution in [-0.2, 0) is 13.2 Å². The van der Waals surface area contributed by atoms with Crippen molar-refractivity contribution in [2.45, 2.75) is 13.2 Å². The molecule has 0 aliphatic heterocycles. The van der Waals surface area contributed by atoms with Gasteiger partial charge in [-0.15, -0.1) is 0 Å². The first-order chi connectivity index (χ1) is 11.8. The van der Waals surface area contributed by atoms with Gasteiger partial charge in [-0.3, -0.25) is 0 Å². The number of oxazole rings is 1. The van der Waals surface area contributed by atoms with Crippen molar-refractivity contribution in [1.29, 1.82) is 5.26 Å². The van der Waals surface area contributed by atoms with Gasteiger partial charge in [0, 0.05) is 0 Å². The summed E-state index contributed by atoms with van der Waals surface area (Å²) in [6.45, 7) is 0.513. The van der Waals surface area contributed by atoms with Crippen LogP contribution >= 0.6 is 0 Å². The number of furan rings is 1. The fourth-order valence-electron chi connectivity index (χ4n) is 2.02. The molecule has 122 valence electrons. The highest BCUT2D eigenvalue weighted by Crippen LogP contribution is 2.21. The number of ether oxygens (including phenoxy) is 2. The molecule has 0 atom stereocenters. The summed E-state index contributed by atoms with van der Waals surface area (Å²) in [5, 5.41) is 12.1. The molecular formula is C17H15N3O4. The predicted octanol–water partition coefficient (Wildman–Crippen LogP) is 3.34. The summed E-state index contributed by atoms with van der Waals surface area (Å²) in [4.78, 5) is 4.11. The number of hydrogen-bond acceptors (Lipinski definition) is 7. The van der Waals surface area contributed by atoms with Gasteiger partial charge in [-0.25, -0.2) is 0 Å². The van der Waals surface area contributed by atoms with E-state index < -0.39 is 0 Å². The van der Waals surface area contributed by atoms with E-state index in [1.165, 1.54) is 0 Å². The van der Waals surface area contributed by atoms with Crippen LogP contribution in [0.3, 0.4) is 0 Å². The van der Waals surface area contributed by atoms with Gasteiger partial charge in [0.1, 0.15) is 23.3 Å². The molecule has 0 unspecified atom stereocenters. The van der Waals surface area contributed by atoms with Crippen molar-refractivity contribution in [3.8, 4) is 17.6 Å². The van der Waals surface area contributed by atoms with E-state index in [0.717, 1.165) is 11.5 Å². The molecule has 1 N–H and O–H groups in total. The van der Waals surface area contributed by atoms with E-state index >= 15 is 0 Å². The number of nitriles is 1. The Bertz CT molecular complexity index is 817. The van der Waals surface area contributed by atoms with Crippen molar-refractivity contribution in [2.24, 2.45) is 0 Å². The molecule has 0 aliphatic rings. The van der Waals surface area contributed by atoms with Gasteiger partial charge in [-0.1, -0.05) is 0 Å². The van der Waals surface area contributed by atoms with Crippen molar-refractivity contribution >= 4 is 5.88 Å². The van der Waals surface area contributed by atoms with Gasteiger partial charge in [-0.05, 0) is 36.4 Å². The number of hydrogen-bond donors (Lipinski definition) is 1. The number of anilines is 1. The Morgan fingerprint density at radius 2 is 2.00 bits per heavy atom. The molecule has 0 saturated heterocycles. The first-order valence-electron chi connectivity index (χ1n) is 7.21. The van der Waals surface area contributed by atoms with Gasteiger partial charge in [0.25, 0.3) is 0 Å². The molecule has 0 aliphatic carbocycles. The fraction of sp³-hybridized carbons (Fsp3) is 0.176. The van der Waals surface area contributed by atoms with E-state index in [-0.39, 0.29) is 12.3 Å². The average Bonchev–Trinajstić information content (AvgIpc) is 3.28. The van der Waals surface area contributed by atoms with Crippen LogP contribution < -0.4 is 14.8 Å². The minimum absolute atomic E-state index is 0.115. The maximum absolute atomic E-state index is 9.14. The SMILES string of the molecule is COc1ccc(OCc2nc(C#N)c(NCc3ccco3)o2)cc1. The van der Waals surface area contributed by atoms with Gasteiger partial charge in [-0.2, -0.15) is 10.2 Å². The molecule has 0 fully saturated rings. The van der Waals surface area contributed by atoms with Crippen molar-refractivity contribution < 1.29 is 18.3 Å². The predicted molar refractivity (Wildman–Crippen MR) is 84.6 cm³/mol. The van der Waals surface area contributed by atoms with Crippen LogP contribution in [0.2, 0.25) is 0 Å². The lowest BCUT2D eigenvalue weighted by Crippen LogP contribution is -1.98. The number of aromatic nitrogens is 1. The molecule has 7 nitrogen and oxygen atoms in total. The monoisotopic (exact) mass is 325 g/mol. The van der Waals surface area contributed by atoms with Gasteiger partial charge in [0.05, 0.1) is 19.9 Å². The molecular weight excluding hydrogens is 310 g/mol. The molecule has 3 rings (SSSR count). The zero-order valence-electron chi connectivity index (χ0n) is 13.0. The number of nitrogens with zero attached hydrogens (tertiary/aromatic N) is 2. The van der Waals surface area contributed by atoms with Crippen molar-refractivity contribution in [1.82, 2.24) is 4.98 Å². The second-order valence-corrected chi connectivity index (χ2v) is 4.79. The van der Waals surface area contributed by atoms with E-state index in [0.29, 0.717) is 24.1 Å². The third-order valence-corrected chi connectivity index (χ3v) is 3.20. The largest absolute Gasteiger partial charge is 0.497 e. The molecule has 7 heteroatoms. The van der Waals surface area contributed by atoms with E-state index in [1.54, 1.807) is 43.7 Å². The van der Waals surface area contributed by atoms with Crippen LogP contribution in [0.1, 0.15) is 17.3 Å². The summed E-state index contributed by atoms with van der Waals surface area (Å²) in [6.07, 6.45) is 1.58. The zero-order valence-corrected chi connectivity index (χ0v) is 13.0. The normalized spacial score (nSPS) is 10.2. The van der Waals surface area contributed by atoms with E-state index in [2.05, 4.69) is 10.3 Å². The van der Waals surface area contributed by atoms with Crippen molar-refractivity contribution in [3.05, 3.63) is 60.0 Å². The van der Waals surface area contributed by atoms with Crippen molar-refractivity contribution in [2.75, 3.05) is 12.4 Å². The molecule has 0 saturated carbocycles. The van der Waals surface area contributed by atoms with E-state index in [1.807, 2.05) is 12.1 Å². The Morgan fingerprint density at radius 1 is 1.21 bits per heavy atom. The fourth-order valence-corrected chi connectivity index (χ4v) is 2.02. The van der Waals surface area contributed by atoms with Crippen LogP contribution in [0.25, 0.3) is 0 Å². The molecule has 24 heavy (non-hydrogen) atoms. The third-order valence-electron chi connectivity index (χ3n) is 3.20. The highest BCUT2D eigenvalue weighted by Gasteiger charge is 2.13. The highest BCUT2D eigenvalue weighted by molar-refractivity contribution is 5.45. The molecule has 1 aromatic carbocycles. The molecule has 0 bridgehead atoms. The summed E-state index contributed by atoms with van der Waals surface area (Å²) in [5.74, 6) is 2.73. The number of nitrogens with one attached hydrogen (secondary N) is 1. The van der Waals surface area contributed by atoms with Crippen LogP contribution in [0.15, 0.2) is 51.5 Å². The molecule has 2 aromatic heterocycles. The standard InChI is InChI=1S/C17H15N3O4/c1-21-12-4-6-13(7-5-12)23-11-16-20-15(9-18)17(24-16)19-10-14-3-2-8-22-14/h2-8,19H,10-11H2,1H3. The number of rotatable bonds is 7. The van der Waals surface area contributed by atoms with Crippen molar-refractivity contribution in [3.63, 3.8) is 0 Å². The smallest absolute Gasteiger partial charge is 0.236 e. The number of methoxy groups -OCH3 is 1. The zero-order chi connectivity index (χ0) is 16.8. The summed E-state index contributed by atoms with van der Waals surface area (Å²) in [6, 6.07) is 12.7. The molecule has 3 aromatic rings. The van der Waals surface area contributed by atoms with E-state index in [9.17, 15) is 0 Å². The maximum atomic E-state index is 9.14. The Balaban J connectivity index is 1.62. The van der Waals surface area contributed by atoms with Gasteiger partial charge in [0.15, 0.2) is 6.61 Å². The minimum atomic E-state index is 0.115. The summed E-state index contributed by atoms with van der Waals surface area (Å²) < 4.78 is 21.4. The molecule has 2 heterocycles. The third kappa shape index (κ3) is 3.67.